The Morgan fingerprint density at radius 3 is 3.17 bits per heavy atom. The monoisotopic (exact) mass is 287 g/mol. The maximum atomic E-state index is 9.72. The number of aliphatic hydroxyl groups excluding tert-OH is 1. The highest BCUT2D eigenvalue weighted by Gasteiger charge is 2.48. The molecule has 2 fully saturated rings. The van der Waals surface area contributed by atoms with E-state index in [9.17, 15) is 5.11 Å². The van der Waals surface area contributed by atoms with E-state index in [1.54, 1.807) is 11.3 Å². The van der Waals surface area contributed by atoms with Crippen molar-refractivity contribution in [2.24, 2.45) is 11.3 Å². The number of fused-ring (bicyclic) bond motifs is 1. The Morgan fingerprint density at radius 2 is 2.50 bits per heavy atom. The molecule has 0 spiro atoms. The lowest BCUT2D eigenvalue weighted by atomic mass is 9.76. The van der Waals surface area contributed by atoms with Gasteiger partial charge in [-0.1, -0.05) is 11.6 Å². The molecule has 3 heterocycles. The summed E-state index contributed by atoms with van der Waals surface area (Å²) in [6, 6.07) is 1.95. The van der Waals surface area contributed by atoms with Crippen LogP contribution in [0, 0.1) is 11.3 Å². The van der Waals surface area contributed by atoms with Crippen molar-refractivity contribution in [2.45, 2.75) is 13.0 Å². The van der Waals surface area contributed by atoms with Crippen molar-refractivity contribution >= 4 is 22.9 Å². The summed E-state index contributed by atoms with van der Waals surface area (Å²) in [4.78, 5) is 3.64. The van der Waals surface area contributed by atoms with Crippen LogP contribution < -0.4 is 0 Å². The zero-order valence-corrected chi connectivity index (χ0v) is 11.8. The normalized spacial score (nSPS) is 32.7. The summed E-state index contributed by atoms with van der Waals surface area (Å²) in [5.74, 6) is 0.565. The van der Waals surface area contributed by atoms with Gasteiger partial charge in [0.1, 0.15) is 0 Å². The number of halogens is 1. The van der Waals surface area contributed by atoms with Crippen LogP contribution in [-0.4, -0.2) is 42.9 Å². The van der Waals surface area contributed by atoms with Crippen LogP contribution in [-0.2, 0) is 11.3 Å². The number of hydrogen-bond donors (Lipinski definition) is 1. The average molecular weight is 288 g/mol. The van der Waals surface area contributed by atoms with Crippen LogP contribution in [0.3, 0.4) is 0 Å². The first-order chi connectivity index (χ1) is 8.73. The summed E-state index contributed by atoms with van der Waals surface area (Å²) in [5, 5.41) is 12.6. The van der Waals surface area contributed by atoms with Crippen LogP contribution in [0.5, 0.6) is 0 Å². The van der Waals surface area contributed by atoms with Crippen molar-refractivity contribution < 1.29 is 9.84 Å². The minimum absolute atomic E-state index is 0.0397. The number of thiophene rings is 1. The predicted molar refractivity (Wildman–Crippen MR) is 73.1 cm³/mol. The number of nitrogens with zero attached hydrogens (tertiary/aromatic N) is 1. The van der Waals surface area contributed by atoms with Crippen LogP contribution in [0.1, 0.15) is 11.3 Å². The molecule has 100 valence electrons. The second-order valence-corrected chi connectivity index (χ2v) is 6.83. The first kappa shape index (κ1) is 12.9. The zero-order valence-electron chi connectivity index (χ0n) is 10.3. The van der Waals surface area contributed by atoms with Gasteiger partial charge in [0, 0.05) is 36.5 Å². The molecule has 5 heteroatoms. The molecule has 0 unspecified atom stereocenters. The Bertz CT molecular complexity index is 425. The molecule has 1 aromatic heterocycles. The van der Waals surface area contributed by atoms with Crippen molar-refractivity contribution in [2.75, 3.05) is 32.9 Å². The molecule has 0 bridgehead atoms. The van der Waals surface area contributed by atoms with Gasteiger partial charge in [-0.3, -0.25) is 4.90 Å². The minimum Gasteiger partial charge on any atom is -0.396 e. The third kappa shape index (κ3) is 2.21. The number of aliphatic hydroxyl groups is 1. The van der Waals surface area contributed by atoms with Gasteiger partial charge in [-0.15, -0.1) is 11.3 Å². The van der Waals surface area contributed by atoms with E-state index in [1.807, 2.05) is 11.4 Å². The van der Waals surface area contributed by atoms with Crippen molar-refractivity contribution in [3.8, 4) is 0 Å². The second-order valence-electron chi connectivity index (χ2n) is 5.42. The lowest BCUT2D eigenvalue weighted by Crippen LogP contribution is -2.42. The molecule has 0 saturated carbocycles. The van der Waals surface area contributed by atoms with E-state index >= 15 is 0 Å². The maximum absolute atomic E-state index is 9.72. The number of ether oxygens (including phenoxy) is 1. The summed E-state index contributed by atoms with van der Waals surface area (Å²) in [7, 11) is 0. The van der Waals surface area contributed by atoms with Crippen molar-refractivity contribution in [1.82, 2.24) is 4.90 Å². The molecule has 2 aliphatic rings. The van der Waals surface area contributed by atoms with E-state index in [4.69, 9.17) is 16.3 Å². The van der Waals surface area contributed by atoms with E-state index in [2.05, 4.69) is 4.90 Å². The zero-order chi connectivity index (χ0) is 12.6. The summed E-state index contributed by atoms with van der Waals surface area (Å²) < 4.78 is 5.57. The van der Waals surface area contributed by atoms with Gasteiger partial charge in [0.05, 0.1) is 18.2 Å². The van der Waals surface area contributed by atoms with Crippen LogP contribution >= 0.6 is 22.9 Å². The van der Waals surface area contributed by atoms with Gasteiger partial charge in [-0.05, 0) is 23.8 Å². The Balaban J connectivity index is 1.71. The Kier molecular flexibility index (Phi) is 3.65. The lowest BCUT2D eigenvalue weighted by molar-refractivity contribution is -0.0561. The van der Waals surface area contributed by atoms with Gasteiger partial charge >= 0.3 is 0 Å². The molecule has 0 aliphatic carbocycles. The van der Waals surface area contributed by atoms with E-state index in [0.717, 1.165) is 37.7 Å². The third-order valence-corrected chi connectivity index (χ3v) is 5.63. The Labute approximate surface area is 116 Å². The SMILES string of the molecule is OC[C@]12COCC[C@H]1CN(Cc1sccc1Cl)C2. The molecule has 1 aromatic rings. The molecular formula is C13H18ClNO2S. The Morgan fingerprint density at radius 1 is 1.61 bits per heavy atom. The average Bonchev–Trinajstić information content (AvgIpc) is 2.94. The van der Waals surface area contributed by atoms with E-state index in [-0.39, 0.29) is 12.0 Å². The van der Waals surface area contributed by atoms with Crippen LogP contribution in [0.2, 0.25) is 5.02 Å². The fraction of sp³-hybridized carbons (Fsp3) is 0.692. The van der Waals surface area contributed by atoms with Gasteiger partial charge in [0.25, 0.3) is 0 Å². The number of likely N-dealkylation sites (tertiary alicyclic amines) is 1. The Hall–Kier alpha value is -0.130. The summed E-state index contributed by atoms with van der Waals surface area (Å²) in [6.45, 7) is 4.63. The number of hydrogen-bond acceptors (Lipinski definition) is 4. The predicted octanol–water partition coefficient (Wildman–Crippen LogP) is 2.23. The second kappa shape index (κ2) is 5.10. The van der Waals surface area contributed by atoms with Gasteiger partial charge in [-0.2, -0.15) is 0 Å². The summed E-state index contributed by atoms with van der Waals surface area (Å²) in [5.41, 5.74) is -0.0397. The minimum atomic E-state index is -0.0397. The van der Waals surface area contributed by atoms with Crippen LogP contribution in [0.25, 0.3) is 0 Å². The molecule has 0 radical (unpaired) electrons. The first-order valence-corrected chi connectivity index (χ1v) is 7.62. The molecule has 2 aliphatic heterocycles. The van der Waals surface area contributed by atoms with Gasteiger partial charge in [-0.25, -0.2) is 0 Å². The summed E-state index contributed by atoms with van der Waals surface area (Å²) in [6.07, 6.45) is 1.06. The highest BCUT2D eigenvalue weighted by molar-refractivity contribution is 7.10. The topological polar surface area (TPSA) is 32.7 Å². The van der Waals surface area contributed by atoms with Crippen LogP contribution in [0.4, 0.5) is 0 Å². The quantitative estimate of drug-likeness (QED) is 0.925. The smallest absolute Gasteiger partial charge is 0.0559 e. The molecule has 3 rings (SSSR count). The van der Waals surface area contributed by atoms with Crippen molar-refractivity contribution in [3.05, 3.63) is 21.3 Å². The van der Waals surface area contributed by atoms with Gasteiger partial charge in [0.2, 0.25) is 0 Å². The lowest BCUT2D eigenvalue weighted by Gasteiger charge is -2.36. The molecule has 2 atom stereocenters. The maximum Gasteiger partial charge on any atom is 0.0559 e. The highest BCUT2D eigenvalue weighted by Crippen LogP contribution is 2.42. The van der Waals surface area contributed by atoms with Crippen LogP contribution in [0.15, 0.2) is 11.4 Å². The molecule has 0 amide bonds. The van der Waals surface area contributed by atoms with E-state index in [0.29, 0.717) is 12.5 Å². The number of rotatable bonds is 3. The molecule has 18 heavy (non-hydrogen) atoms. The fourth-order valence-electron chi connectivity index (χ4n) is 3.19. The van der Waals surface area contributed by atoms with Gasteiger partial charge < -0.3 is 9.84 Å². The molecule has 2 saturated heterocycles. The van der Waals surface area contributed by atoms with Gasteiger partial charge in [0.15, 0.2) is 0 Å². The molecule has 0 aromatic carbocycles. The van der Waals surface area contributed by atoms with Crippen molar-refractivity contribution in [1.29, 1.82) is 0 Å². The summed E-state index contributed by atoms with van der Waals surface area (Å²) >= 11 is 7.86. The highest BCUT2D eigenvalue weighted by atomic mass is 35.5. The molecule has 1 N–H and O–H groups in total. The van der Waals surface area contributed by atoms with E-state index in [1.165, 1.54) is 4.88 Å². The largest absolute Gasteiger partial charge is 0.396 e. The molecule has 3 nitrogen and oxygen atoms in total. The molecular weight excluding hydrogens is 270 g/mol. The first-order valence-electron chi connectivity index (χ1n) is 6.36. The van der Waals surface area contributed by atoms with Crippen molar-refractivity contribution in [3.63, 3.8) is 0 Å². The van der Waals surface area contributed by atoms with E-state index < -0.39 is 0 Å². The third-order valence-electron chi connectivity index (χ3n) is 4.26. The standard InChI is InChI=1S/C13H18ClNO2S/c14-11-2-4-18-12(11)6-15-5-10-1-3-17-9-13(10,7-15)8-16/h2,4,10,16H,1,3,5-9H2/t10-,13+/m0/s1. The fourth-order valence-corrected chi connectivity index (χ4v) is 4.33.